The molecule has 114 valence electrons. The zero-order chi connectivity index (χ0) is 13.5. The fraction of sp³-hybridized carbons (Fsp3) is 0.938. The predicted octanol–water partition coefficient (Wildman–Crippen LogP) is 5.17. The van der Waals surface area contributed by atoms with Gasteiger partial charge in [-0.1, -0.05) is 64.7 Å². The molecule has 0 heterocycles. The minimum Gasteiger partial charge on any atom is -0.305 e. The van der Waals surface area contributed by atoms with E-state index in [0.29, 0.717) is 6.42 Å². The molecule has 0 radical (unpaired) electrons. The van der Waals surface area contributed by atoms with Crippen LogP contribution in [-0.2, 0) is 0 Å². The standard InChI is InChI=1S/C16H32N2.ClH/c1-3-4-5-6-7-8-9-10-11-12-15-18(2)16-13-14-17;/h3-13,15-16H2,1-2H3;1H. The Bertz CT molecular complexity index is 201. The molecular weight excluding hydrogens is 256 g/mol. The van der Waals surface area contributed by atoms with Gasteiger partial charge in [0.05, 0.1) is 6.07 Å². The Hall–Kier alpha value is -0.260. The van der Waals surface area contributed by atoms with E-state index in [1.54, 1.807) is 0 Å². The largest absolute Gasteiger partial charge is 0.305 e. The summed E-state index contributed by atoms with van der Waals surface area (Å²) in [4.78, 5) is 2.27. The van der Waals surface area contributed by atoms with Gasteiger partial charge in [-0.2, -0.15) is 5.26 Å². The molecule has 0 atom stereocenters. The summed E-state index contributed by atoms with van der Waals surface area (Å²) in [5, 5.41) is 8.48. The van der Waals surface area contributed by atoms with Crippen molar-refractivity contribution >= 4 is 12.4 Å². The molecule has 0 aliphatic heterocycles. The van der Waals surface area contributed by atoms with Crippen LogP contribution in [0.3, 0.4) is 0 Å². The van der Waals surface area contributed by atoms with E-state index in [-0.39, 0.29) is 12.4 Å². The van der Waals surface area contributed by atoms with Gasteiger partial charge in [-0.15, -0.1) is 12.4 Å². The van der Waals surface area contributed by atoms with E-state index >= 15 is 0 Å². The number of hydrogen-bond donors (Lipinski definition) is 0. The Morgan fingerprint density at radius 3 is 1.74 bits per heavy atom. The van der Waals surface area contributed by atoms with E-state index in [9.17, 15) is 0 Å². The third-order valence-electron chi connectivity index (χ3n) is 3.50. The van der Waals surface area contributed by atoms with Gasteiger partial charge in [0, 0.05) is 13.0 Å². The molecule has 0 bridgehead atoms. The zero-order valence-corrected chi connectivity index (χ0v) is 13.8. The van der Waals surface area contributed by atoms with Crippen molar-refractivity contribution < 1.29 is 0 Å². The molecule has 0 fully saturated rings. The first kappa shape index (κ1) is 21.0. The van der Waals surface area contributed by atoms with Gasteiger partial charge >= 0.3 is 0 Å². The lowest BCUT2D eigenvalue weighted by Crippen LogP contribution is -2.20. The number of rotatable bonds is 13. The molecule has 19 heavy (non-hydrogen) atoms. The van der Waals surface area contributed by atoms with E-state index in [0.717, 1.165) is 13.1 Å². The summed E-state index contributed by atoms with van der Waals surface area (Å²) in [6.07, 6.45) is 14.6. The first-order valence-corrected chi connectivity index (χ1v) is 7.86. The third kappa shape index (κ3) is 17.7. The van der Waals surface area contributed by atoms with Gasteiger partial charge in [-0.05, 0) is 20.0 Å². The number of unbranched alkanes of at least 4 members (excludes halogenated alkanes) is 9. The minimum atomic E-state index is 0. The maximum absolute atomic E-state index is 8.48. The Labute approximate surface area is 127 Å². The van der Waals surface area contributed by atoms with Gasteiger partial charge in [-0.3, -0.25) is 0 Å². The van der Waals surface area contributed by atoms with Crippen LogP contribution in [0.4, 0.5) is 0 Å². The van der Waals surface area contributed by atoms with Gasteiger partial charge < -0.3 is 4.90 Å². The minimum absolute atomic E-state index is 0. The smallest absolute Gasteiger partial charge is 0.0635 e. The maximum Gasteiger partial charge on any atom is 0.0635 e. The summed E-state index contributed by atoms with van der Waals surface area (Å²) >= 11 is 0. The molecular formula is C16H33ClN2. The van der Waals surface area contributed by atoms with Crippen LogP contribution in [0, 0.1) is 11.3 Å². The monoisotopic (exact) mass is 288 g/mol. The fourth-order valence-electron chi connectivity index (χ4n) is 2.22. The summed E-state index contributed by atoms with van der Waals surface area (Å²) < 4.78 is 0. The van der Waals surface area contributed by atoms with Gasteiger partial charge in [0.15, 0.2) is 0 Å². The average Bonchev–Trinajstić information content (AvgIpc) is 2.38. The van der Waals surface area contributed by atoms with Crippen molar-refractivity contribution in [3.63, 3.8) is 0 Å². The van der Waals surface area contributed by atoms with Crippen LogP contribution < -0.4 is 0 Å². The highest BCUT2D eigenvalue weighted by atomic mass is 35.5. The fourth-order valence-corrected chi connectivity index (χ4v) is 2.22. The third-order valence-corrected chi connectivity index (χ3v) is 3.50. The molecule has 0 aliphatic rings. The molecule has 0 spiro atoms. The quantitative estimate of drug-likeness (QED) is 0.437. The van der Waals surface area contributed by atoms with Crippen LogP contribution in [-0.4, -0.2) is 25.0 Å². The van der Waals surface area contributed by atoms with Crippen molar-refractivity contribution in [3.8, 4) is 6.07 Å². The zero-order valence-electron chi connectivity index (χ0n) is 13.0. The van der Waals surface area contributed by atoms with Crippen molar-refractivity contribution in [2.75, 3.05) is 20.1 Å². The van der Waals surface area contributed by atoms with Crippen molar-refractivity contribution in [2.24, 2.45) is 0 Å². The molecule has 0 aromatic heterocycles. The van der Waals surface area contributed by atoms with Crippen molar-refractivity contribution in [2.45, 2.75) is 77.6 Å². The number of halogens is 1. The molecule has 0 aromatic rings. The first-order valence-electron chi connectivity index (χ1n) is 7.86. The van der Waals surface area contributed by atoms with E-state index in [4.69, 9.17) is 5.26 Å². The Morgan fingerprint density at radius 2 is 1.26 bits per heavy atom. The van der Waals surface area contributed by atoms with Crippen LogP contribution >= 0.6 is 12.4 Å². The van der Waals surface area contributed by atoms with E-state index in [1.165, 1.54) is 64.2 Å². The highest BCUT2D eigenvalue weighted by molar-refractivity contribution is 5.85. The molecule has 0 rings (SSSR count). The van der Waals surface area contributed by atoms with Gasteiger partial charge in [0.2, 0.25) is 0 Å². The second kappa shape index (κ2) is 17.7. The number of hydrogen-bond acceptors (Lipinski definition) is 2. The topological polar surface area (TPSA) is 27.0 Å². The van der Waals surface area contributed by atoms with E-state index in [1.807, 2.05) is 0 Å². The Morgan fingerprint density at radius 1 is 0.789 bits per heavy atom. The van der Waals surface area contributed by atoms with Crippen LogP contribution in [0.1, 0.15) is 77.6 Å². The summed E-state index contributed by atoms with van der Waals surface area (Å²) in [5.41, 5.74) is 0. The average molecular weight is 289 g/mol. The lowest BCUT2D eigenvalue weighted by Gasteiger charge is -2.14. The summed E-state index contributed by atoms with van der Waals surface area (Å²) in [6.45, 7) is 4.35. The SMILES string of the molecule is CCCCCCCCCCCCN(C)CCC#N.Cl. The Balaban J connectivity index is 0. The normalized spacial score (nSPS) is 10.2. The van der Waals surface area contributed by atoms with Crippen LogP contribution in [0.2, 0.25) is 0 Å². The van der Waals surface area contributed by atoms with Crippen molar-refractivity contribution in [1.29, 1.82) is 5.26 Å². The molecule has 0 aliphatic carbocycles. The molecule has 0 unspecified atom stereocenters. The summed E-state index contributed by atoms with van der Waals surface area (Å²) in [7, 11) is 2.12. The number of nitrogens with zero attached hydrogens (tertiary/aromatic N) is 2. The Kier molecular flexibility index (Phi) is 19.7. The van der Waals surface area contributed by atoms with E-state index in [2.05, 4.69) is 24.9 Å². The molecule has 3 heteroatoms. The highest BCUT2D eigenvalue weighted by Gasteiger charge is 1.97. The van der Waals surface area contributed by atoms with Crippen molar-refractivity contribution in [3.05, 3.63) is 0 Å². The predicted molar refractivity (Wildman–Crippen MR) is 86.8 cm³/mol. The van der Waals surface area contributed by atoms with Gasteiger partial charge in [0.25, 0.3) is 0 Å². The first-order chi connectivity index (χ1) is 8.81. The lowest BCUT2D eigenvalue weighted by atomic mass is 10.1. The second-order valence-corrected chi connectivity index (χ2v) is 5.39. The molecule has 0 aromatic carbocycles. The van der Waals surface area contributed by atoms with Gasteiger partial charge in [-0.25, -0.2) is 0 Å². The van der Waals surface area contributed by atoms with E-state index < -0.39 is 0 Å². The molecule has 0 saturated carbocycles. The molecule has 0 N–H and O–H groups in total. The number of nitriles is 1. The summed E-state index contributed by atoms with van der Waals surface area (Å²) in [6, 6.07) is 2.20. The van der Waals surface area contributed by atoms with Crippen LogP contribution in [0.15, 0.2) is 0 Å². The second-order valence-electron chi connectivity index (χ2n) is 5.39. The molecule has 0 amide bonds. The molecule has 2 nitrogen and oxygen atoms in total. The van der Waals surface area contributed by atoms with Crippen LogP contribution in [0.25, 0.3) is 0 Å². The van der Waals surface area contributed by atoms with Crippen LogP contribution in [0.5, 0.6) is 0 Å². The maximum atomic E-state index is 8.48. The van der Waals surface area contributed by atoms with Crippen molar-refractivity contribution in [1.82, 2.24) is 4.90 Å². The summed E-state index contributed by atoms with van der Waals surface area (Å²) in [5.74, 6) is 0. The van der Waals surface area contributed by atoms with Gasteiger partial charge in [0.1, 0.15) is 0 Å². The lowest BCUT2D eigenvalue weighted by molar-refractivity contribution is 0.331. The highest BCUT2D eigenvalue weighted by Crippen LogP contribution is 2.10. The molecule has 0 saturated heterocycles.